The van der Waals surface area contributed by atoms with Crippen molar-refractivity contribution in [1.82, 2.24) is 4.90 Å². The van der Waals surface area contributed by atoms with Crippen LogP contribution in [0, 0.1) is 0 Å². The van der Waals surface area contributed by atoms with Gasteiger partial charge in [0.15, 0.2) is 0 Å². The first kappa shape index (κ1) is 16.8. The number of halogens is 1. The molecule has 24 heavy (non-hydrogen) atoms. The van der Waals surface area contributed by atoms with Crippen molar-refractivity contribution in [1.29, 1.82) is 0 Å². The van der Waals surface area contributed by atoms with Crippen molar-refractivity contribution in [2.24, 2.45) is 5.14 Å². The van der Waals surface area contributed by atoms with Gasteiger partial charge in [-0.15, -0.1) is 0 Å². The minimum Gasteiger partial charge on any atom is -0.320 e. The molecule has 0 saturated carbocycles. The maximum absolute atomic E-state index is 12.4. The molecule has 0 radical (unpaired) electrons. The quantitative estimate of drug-likeness (QED) is 0.856. The molecule has 2 aromatic carbocycles. The summed E-state index contributed by atoms with van der Waals surface area (Å²) in [6.07, 6.45) is 0.661. The second-order valence-corrected chi connectivity index (χ2v) is 7.58. The third-order valence-electron chi connectivity index (χ3n) is 3.90. The number of fused-ring (bicyclic) bond motifs is 1. The van der Waals surface area contributed by atoms with E-state index in [1.807, 2.05) is 0 Å². The average Bonchev–Trinajstić information content (AvgIpc) is 2.55. The number of sulfonamides is 1. The smallest absolute Gasteiger partial charge is 0.320 e. The minimum absolute atomic E-state index is 0.0567. The normalized spacial score (nSPS) is 14.2. The monoisotopic (exact) mass is 365 g/mol. The Kier molecular flexibility index (Phi) is 4.49. The van der Waals surface area contributed by atoms with E-state index in [1.54, 1.807) is 35.2 Å². The first-order valence-electron chi connectivity index (χ1n) is 7.29. The zero-order valence-electron chi connectivity index (χ0n) is 12.7. The molecule has 0 bridgehead atoms. The van der Waals surface area contributed by atoms with Crippen LogP contribution in [0.4, 0.5) is 10.5 Å². The van der Waals surface area contributed by atoms with E-state index in [4.69, 9.17) is 16.7 Å². The Morgan fingerprint density at radius 1 is 1.12 bits per heavy atom. The lowest BCUT2D eigenvalue weighted by Gasteiger charge is -2.29. The summed E-state index contributed by atoms with van der Waals surface area (Å²) in [6.45, 7) is 0.888. The van der Waals surface area contributed by atoms with E-state index in [-0.39, 0.29) is 10.9 Å². The molecule has 8 heteroatoms. The van der Waals surface area contributed by atoms with E-state index in [0.717, 1.165) is 11.1 Å². The number of hydrogen-bond acceptors (Lipinski definition) is 3. The van der Waals surface area contributed by atoms with Crippen LogP contribution < -0.4 is 10.5 Å². The van der Waals surface area contributed by atoms with Gasteiger partial charge in [-0.05, 0) is 53.9 Å². The number of nitrogens with two attached hydrogens (primary N) is 1. The van der Waals surface area contributed by atoms with Gasteiger partial charge < -0.3 is 10.2 Å². The summed E-state index contributed by atoms with van der Waals surface area (Å²) in [5, 5.41) is 8.56. The summed E-state index contributed by atoms with van der Waals surface area (Å²) >= 11 is 5.82. The molecule has 126 valence electrons. The number of nitrogens with one attached hydrogen (secondary N) is 1. The van der Waals surface area contributed by atoms with Crippen LogP contribution in [0.25, 0.3) is 0 Å². The Hall–Kier alpha value is -2.09. The lowest BCUT2D eigenvalue weighted by molar-refractivity contribution is 0.206. The maximum Gasteiger partial charge on any atom is 0.322 e. The molecule has 2 aromatic rings. The molecule has 0 spiro atoms. The molecule has 0 unspecified atom stereocenters. The number of amides is 2. The summed E-state index contributed by atoms with van der Waals surface area (Å²) in [7, 11) is -3.76. The second kappa shape index (κ2) is 6.43. The van der Waals surface area contributed by atoms with Gasteiger partial charge in [-0.2, -0.15) is 0 Å². The number of rotatable bonds is 2. The van der Waals surface area contributed by atoms with Crippen molar-refractivity contribution in [3.05, 3.63) is 58.6 Å². The largest absolute Gasteiger partial charge is 0.322 e. The van der Waals surface area contributed by atoms with Crippen molar-refractivity contribution in [3.63, 3.8) is 0 Å². The molecule has 0 aromatic heterocycles. The van der Waals surface area contributed by atoms with Crippen molar-refractivity contribution >= 4 is 33.3 Å². The fourth-order valence-electron chi connectivity index (χ4n) is 2.62. The molecule has 1 aliphatic heterocycles. The Morgan fingerprint density at radius 2 is 1.83 bits per heavy atom. The minimum atomic E-state index is -3.76. The van der Waals surface area contributed by atoms with Crippen molar-refractivity contribution in [3.8, 4) is 0 Å². The van der Waals surface area contributed by atoms with E-state index in [1.165, 1.54) is 12.1 Å². The van der Waals surface area contributed by atoms with Gasteiger partial charge in [0.05, 0.1) is 4.90 Å². The maximum atomic E-state index is 12.4. The number of benzene rings is 2. The van der Waals surface area contributed by atoms with Gasteiger partial charge in [-0.25, -0.2) is 18.4 Å². The van der Waals surface area contributed by atoms with Gasteiger partial charge in [0, 0.05) is 23.8 Å². The van der Waals surface area contributed by atoms with E-state index in [9.17, 15) is 13.2 Å². The van der Waals surface area contributed by atoms with E-state index in [2.05, 4.69) is 5.32 Å². The van der Waals surface area contributed by atoms with Gasteiger partial charge in [0.1, 0.15) is 0 Å². The highest BCUT2D eigenvalue weighted by Crippen LogP contribution is 2.23. The van der Waals surface area contributed by atoms with Crippen molar-refractivity contribution < 1.29 is 13.2 Å². The molecule has 3 N–H and O–H groups in total. The highest BCUT2D eigenvalue weighted by atomic mass is 35.5. The number of hydrogen-bond donors (Lipinski definition) is 2. The van der Waals surface area contributed by atoms with Crippen LogP contribution in [0.15, 0.2) is 47.4 Å². The van der Waals surface area contributed by atoms with Crippen molar-refractivity contribution in [2.45, 2.75) is 17.9 Å². The van der Waals surface area contributed by atoms with Gasteiger partial charge in [-0.3, -0.25) is 0 Å². The topological polar surface area (TPSA) is 92.5 Å². The summed E-state index contributed by atoms with van der Waals surface area (Å²) in [5.74, 6) is 0. The van der Waals surface area contributed by atoms with Crippen LogP contribution in [0.1, 0.15) is 11.1 Å². The SMILES string of the molecule is NS(=O)(=O)c1ccc2c(c1)CN(C(=O)Nc1ccc(Cl)cc1)CC2. The molecule has 1 aliphatic rings. The summed E-state index contributed by atoms with van der Waals surface area (Å²) in [4.78, 5) is 14.1. The fourth-order valence-corrected chi connectivity index (χ4v) is 3.31. The number of carbonyl (C=O) groups excluding carboxylic acids is 1. The van der Waals surface area contributed by atoms with Crippen LogP contribution in [0.5, 0.6) is 0 Å². The molecular formula is C16H16ClN3O3S. The molecule has 0 aliphatic carbocycles. The third-order valence-corrected chi connectivity index (χ3v) is 5.06. The highest BCUT2D eigenvalue weighted by molar-refractivity contribution is 7.89. The van der Waals surface area contributed by atoms with Gasteiger partial charge >= 0.3 is 6.03 Å². The zero-order chi connectivity index (χ0) is 17.3. The van der Waals surface area contributed by atoms with Crippen LogP contribution in [-0.4, -0.2) is 25.9 Å². The van der Waals surface area contributed by atoms with Crippen LogP contribution in [0.3, 0.4) is 0 Å². The molecule has 0 atom stereocenters. The fraction of sp³-hybridized carbons (Fsp3) is 0.188. The Balaban J connectivity index is 1.76. The Morgan fingerprint density at radius 3 is 2.50 bits per heavy atom. The molecule has 0 saturated heterocycles. The van der Waals surface area contributed by atoms with Crippen molar-refractivity contribution in [2.75, 3.05) is 11.9 Å². The number of urea groups is 1. The molecule has 6 nitrogen and oxygen atoms in total. The summed E-state index contributed by atoms with van der Waals surface area (Å²) in [6, 6.07) is 11.4. The number of nitrogens with zero attached hydrogens (tertiary/aromatic N) is 1. The van der Waals surface area contributed by atoms with Crippen LogP contribution >= 0.6 is 11.6 Å². The number of primary sulfonamides is 1. The average molecular weight is 366 g/mol. The van der Waals surface area contributed by atoms with E-state index >= 15 is 0 Å². The van der Waals surface area contributed by atoms with Crippen LogP contribution in [-0.2, 0) is 23.0 Å². The molecule has 3 rings (SSSR count). The van der Waals surface area contributed by atoms with Gasteiger partial charge in [-0.1, -0.05) is 17.7 Å². The number of anilines is 1. The molecule has 1 heterocycles. The third kappa shape index (κ3) is 3.69. The van der Waals surface area contributed by atoms with Gasteiger partial charge in [0.2, 0.25) is 10.0 Å². The molecular weight excluding hydrogens is 350 g/mol. The summed E-state index contributed by atoms with van der Waals surface area (Å²) < 4.78 is 23.0. The first-order chi connectivity index (χ1) is 11.3. The first-order valence-corrected chi connectivity index (χ1v) is 9.21. The molecule has 0 fully saturated rings. The lowest BCUT2D eigenvalue weighted by atomic mass is 10.0. The Bertz CT molecular complexity index is 882. The van der Waals surface area contributed by atoms with Gasteiger partial charge in [0.25, 0.3) is 0 Å². The van der Waals surface area contributed by atoms with E-state index in [0.29, 0.717) is 30.2 Å². The lowest BCUT2D eigenvalue weighted by Crippen LogP contribution is -2.39. The Labute approximate surface area is 145 Å². The standard InChI is InChI=1S/C16H16ClN3O3S/c17-13-2-4-14(5-3-13)19-16(21)20-8-7-11-1-6-15(24(18,22)23)9-12(11)10-20/h1-6,9H,7-8,10H2,(H,19,21)(H2,18,22,23). The summed E-state index contributed by atoms with van der Waals surface area (Å²) in [5.41, 5.74) is 2.46. The predicted octanol–water partition coefficient (Wildman–Crippen LogP) is 2.58. The van der Waals surface area contributed by atoms with Crippen LogP contribution in [0.2, 0.25) is 5.02 Å². The van der Waals surface area contributed by atoms with E-state index < -0.39 is 10.0 Å². The predicted molar refractivity (Wildman–Crippen MR) is 92.4 cm³/mol. The number of carbonyl (C=O) groups is 1. The highest BCUT2D eigenvalue weighted by Gasteiger charge is 2.22. The zero-order valence-corrected chi connectivity index (χ0v) is 14.3. The second-order valence-electron chi connectivity index (χ2n) is 5.58. The molecule has 2 amide bonds.